The average Bonchev–Trinajstić information content (AvgIpc) is 3.05. The highest BCUT2D eigenvalue weighted by Gasteiger charge is 2.20. The van der Waals surface area contributed by atoms with Crippen LogP contribution in [0.1, 0.15) is 161 Å². The van der Waals surface area contributed by atoms with E-state index in [1.807, 2.05) is 0 Å². The van der Waals surface area contributed by atoms with Crippen molar-refractivity contribution < 1.29 is 39.3 Å². The highest BCUT2D eigenvalue weighted by Crippen LogP contribution is 2.14. The molecule has 2 unspecified atom stereocenters. The van der Waals surface area contributed by atoms with Crippen molar-refractivity contribution in [2.45, 2.75) is 173 Å². The Kier molecular flexibility index (Phi) is 31.0. The predicted molar refractivity (Wildman–Crippen MR) is 188 cm³/mol. The van der Waals surface area contributed by atoms with Gasteiger partial charge in [0.1, 0.15) is 6.04 Å². The van der Waals surface area contributed by atoms with Crippen molar-refractivity contribution in [3.8, 4) is 0 Å². The van der Waals surface area contributed by atoms with E-state index in [1.54, 1.807) is 0 Å². The molecule has 7 N–H and O–H groups in total. The molecule has 13 heteroatoms. The van der Waals surface area contributed by atoms with Gasteiger partial charge in [0, 0.05) is 44.8 Å². The van der Waals surface area contributed by atoms with Gasteiger partial charge in [0.25, 0.3) is 0 Å². The minimum Gasteiger partial charge on any atom is -0.481 e. The molecule has 2 atom stereocenters. The minimum absolute atomic E-state index is 0.00858. The number of carbonyl (C=O) groups excluding carboxylic acids is 3. The Hall–Kier alpha value is -2.67. The standard InChI is InChI=1S/C35H65BN4O8/c36-40-29(28-41)20-17-19-27-37-31(42)21-15-13-18-26-38-32(43)25-24-30(35(47)48)39-33(44)22-14-11-9-7-5-3-1-2-4-6-8-10-12-16-23-34(45)46/h29-30,40-41H,1-28H2,(H,37,42)(H,38,43)(H,39,44)(H,45,46)(H,47,48). The molecular weight excluding hydrogens is 615 g/mol. The van der Waals surface area contributed by atoms with Crippen LogP contribution in [-0.2, 0) is 24.0 Å². The maximum absolute atomic E-state index is 12.3. The Balaban J connectivity index is 3.72. The monoisotopic (exact) mass is 680 g/mol. The van der Waals surface area contributed by atoms with E-state index in [1.165, 1.54) is 44.9 Å². The van der Waals surface area contributed by atoms with Gasteiger partial charge in [-0.25, -0.2) is 4.79 Å². The van der Waals surface area contributed by atoms with Gasteiger partial charge in [-0.05, 0) is 44.9 Å². The van der Waals surface area contributed by atoms with Crippen LogP contribution in [0.25, 0.3) is 0 Å². The van der Waals surface area contributed by atoms with Crippen LogP contribution in [0.3, 0.4) is 0 Å². The van der Waals surface area contributed by atoms with Crippen molar-refractivity contribution >= 4 is 37.6 Å². The smallest absolute Gasteiger partial charge is 0.326 e. The van der Waals surface area contributed by atoms with Crippen molar-refractivity contribution in [3.05, 3.63) is 0 Å². The molecule has 12 nitrogen and oxygen atoms in total. The number of nitrogens with one attached hydrogen (secondary N) is 4. The molecule has 0 fully saturated rings. The fraction of sp³-hybridized carbons (Fsp3) is 0.857. The molecule has 0 aromatic rings. The van der Waals surface area contributed by atoms with Crippen molar-refractivity contribution in [1.82, 2.24) is 21.2 Å². The molecule has 0 aromatic carbocycles. The number of carboxylic acid groups (broad SMARTS) is 2. The molecule has 0 aliphatic heterocycles. The van der Waals surface area contributed by atoms with E-state index in [2.05, 4.69) is 21.2 Å². The van der Waals surface area contributed by atoms with E-state index in [4.69, 9.17) is 18.2 Å². The lowest BCUT2D eigenvalue weighted by atomic mass is 10.0. The molecular formula is C35H65BN4O8. The van der Waals surface area contributed by atoms with Crippen LogP contribution < -0.4 is 21.2 Å². The third-order valence-corrected chi connectivity index (χ3v) is 8.50. The Bertz CT molecular complexity index is 860. The van der Waals surface area contributed by atoms with Crippen LogP contribution in [0, 0.1) is 0 Å². The van der Waals surface area contributed by atoms with Gasteiger partial charge in [-0.15, -0.1) is 0 Å². The average molecular weight is 681 g/mol. The van der Waals surface area contributed by atoms with Crippen LogP contribution in [0.15, 0.2) is 0 Å². The summed E-state index contributed by atoms with van der Waals surface area (Å²) in [4.78, 5) is 58.5. The highest BCUT2D eigenvalue weighted by molar-refractivity contribution is 6.04. The van der Waals surface area contributed by atoms with Crippen LogP contribution in [-0.4, -0.2) is 84.7 Å². The maximum atomic E-state index is 12.3. The lowest BCUT2D eigenvalue weighted by Crippen LogP contribution is -2.41. The van der Waals surface area contributed by atoms with E-state index >= 15 is 0 Å². The number of aliphatic hydroxyl groups is 1. The quantitative estimate of drug-likeness (QED) is 0.0368. The van der Waals surface area contributed by atoms with Gasteiger partial charge in [-0.3, -0.25) is 19.2 Å². The van der Waals surface area contributed by atoms with E-state index in [-0.39, 0.29) is 56.1 Å². The number of unbranched alkanes of at least 4 members (excludes halogenated alkanes) is 16. The molecule has 0 rings (SSSR count). The molecule has 48 heavy (non-hydrogen) atoms. The van der Waals surface area contributed by atoms with Crippen LogP contribution in [0.2, 0.25) is 0 Å². The summed E-state index contributed by atoms with van der Waals surface area (Å²) in [6, 6.07) is -1.21. The van der Waals surface area contributed by atoms with E-state index in [9.17, 15) is 29.1 Å². The second kappa shape index (κ2) is 32.9. The number of hydrogen-bond acceptors (Lipinski definition) is 7. The van der Waals surface area contributed by atoms with Gasteiger partial charge < -0.3 is 36.5 Å². The van der Waals surface area contributed by atoms with Crippen molar-refractivity contribution in [1.29, 1.82) is 0 Å². The van der Waals surface area contributed by atoms with Crippen molar-refractivity contribution in [2.24, 2.45) is 0 Å². The van der Waals surface area contributed by atoms with Gasteiger partial charge in [0.2, 0.25) is 17.7 Å². The lowest BCUT2D eigenvalue weighted by Gasteiger charge is -2.14. The number of carboxylic acids is 2. The largest absolute Gasteiger partial charge is 0.481 e. The fourth-order valence-corrected chi connectivity index (χ4v) is 5.45. The zero-order chi connectivity index (χ0) is 35.7. The van der Waals surface area contributed by atoms with Gasteiger partial charge in [0.15, 0.2) is 7.98 Å². The molecule has 276 valence electrons. The fourth-order valence-electron chi connectivity index (χ4n) is 5.45. The van der Waals surface area contributed by atoms with E-state index in [0.717, 1.165) is 64.2 Å². The summed E-state index contributed by atoms with van der Waals surface area (Å²) in [7, 11) is 5.31. The molecule has 0 aliphatic rings. The highest BCUT2D eigenvalue weighted by atomic mass is 16.4. The third kappa shape index (κ3) is 30.7. The van der Waals surface area contributed by atoms with Gasteiger partial charge >= 0.3 is 11.9 Å². The van der Waals surface area contributed by atoms with Crippen LogP contribution >= 0.6 is 0 Å². The first-order chi connectivity index (χ1) is 23.2. The normalized spacial score (nSPS) is 12.3. The summed E-state index contributed by atoms with van der Waals surface area (Å²) in [6.07, 6.45) is 20.9. The van der Waals surface area contributed by atoms with E-state index in [0.29, 0.717) is 38.8 Å². The van der Waals surface area contributed by atoms with Crippen LogP contribution in [0.4, 0.5) is 0 Å². The summed E-state index contributed by atoms with van der Waals surface area (Å²) >= 11 is 0. The lowest BCUT2D eigenvalue weighted by molar-refractivity contribution is -0.142. The molecule has 0 bridgehead atoms. The molecule has 0 heterocycles. The Labute approximate surface area is 290 Å². The molecule has 0 saturated heterocycles. The van der Waals surface area contributed by atoms with Gasteiger partial charge in [-0.1, -0.05) is 89.9 Å². The molecule has 0 saturated carbocycles. The SMILES string of the molecule is [B]NC(CO)CCCCNC(=O)CCCCCNC(=O)CCC(NC(=O)CCCCCCCCCCCCCCCCC(=O)O)C(=O)O. The van der Waals surface area contributed by atoms with Gasteiger partial charge in [0.05, 0.1) is 6.61 Å². The summed E-state index contributed by atoms with van der Waals surface area (Å²) in [6.45, 7) is 1.02. The summed E-state index contributed by atoms with van der Waals surface area (Å²) in [5, 5.41) is 37.9. The van der Waals surface area contributed by atoms with E-state index < -0.39 is 18.0 Å². The van der Waals surface area contributed by atoms with Crippen molar-refractivity contribution in [2.75, 3.05) is 19.7 Å². The summed E-state index contributed by atoms with van der Waals surface area (Å²) in [5.74, 6) is -2.42. The molecule has 0 aromatic heterocycles. The molecule has 0 aliphatic carbocycles. The minimum atomic E-state index is -1.15. The molecule has 2 radical (unpaired) electrons. The number of carbonyl (C=O) groups is 5. The van der Waals surface area contributed by atoms with Crippen molar-refractivity contribution in [3.63, 3.8) is 0 Å². The Morgan fingerprint density at radius 1 is 0.500 bits per heavy atom. The predicted octanol–water partition coefficient (Wildman–Crippen LogP) is 4.66. The first-order valence-electron chi connectivity index (χ1n) is 18.5. The summed E-state index contributed by atoms with van der Waals surface area (Å²) in [5.41, 5.74) is 0. The number of aliphatic carboxylic acids is 2. The maximum Gasteiger partial charge on any atom is 0.326 e. The molecule has 0 spiro atoms. The number of hydrogen-bond donors (Lipinski definition) is 7. The Morgan fingerprint density at radius 2 is 0.917 bits per heavy atom. The molecule has 3 amide bonds. The zero-order valence-electron chi connectivity index (χ0n) is 29.4. The third-order valence-electron chi connectivity index (χ3n) is 8.50. The second-order valence-electron chi connectivity index (χ2n) is 12.9. The first kappa shape index (κ1) is 45.3. The number of rotatable bonds is 35. The zero-order valence-corrected chi connectivity index (χ0v) is 29.4. The summed E-state index contributed by atoms with van der Waals surface area (Å²) < 4.78 is 0. The number of aliphatic hydroxyl groups excluding tert-OH is 1. The van der Waals surface area contributed by atoms with Gasteiger partial charge in [-0.2, -0.15) is 0 Å². The van der Waals surface area contributed by atoms with Crippen LogP contribution in [0.5, 0.6) is 0 Å². The second-order valence-corrected chi connectivity index (χ2v) is 12.9. The first-order valence-corrected chi connectivity index (χ1v) is 18.5. The topological polar surface area (TPSA) is 194 Å². The Morgan fingerprint density at radius 3 is 1.38 bits per heavy atom. The number of amides is 3.